The van der Waals surface area contributed by atoms with Gasteiger partial charge in [-0.2, -0.15) is 0 Å². The molecule has 0 radical (unpaired) electrons. The standard InChI is InChI=1S/C21H27FN2O3S2/c1-27-20-15-18(29(25,26)21-19(20)8-14-28-21)3-2-9-23-10-12-24(13-11-23)17-6-4-16(22)5-7-17/h4-8,14,18,20H,2-3,9-13,15H2,1H3. The van der Waals surface area contributed by atoms with E-state index in [0.29, 0.717) is 17.1 Å². The Morgan fingerprint density at radius 1 is 1.14 bits per heavy atom. The van der Waals surface area contributed by atoms with Crippen molar-refractivity contribution in [3.05, 3.63) is 47.1 Å². The summed E-state index contributed by atoms with van der Waals surface area (Å²) in [6, 6.07) is 8.52. The van der Waals surface area contributed by atoms with E-state index in [0.717, 1.165) is 50.4 Å². The van der Waals surface area contributed by atoms with Gasteiger partial charge in [-0.05, 0) is 61.5 Å². The highest BCUT2D eigenvalue weighted by Gasteiger charge is 2.39. The molecule has 158 valence electrons. The van der Waals surface area contributed by atoms with Crippen molar-refractivity contribution >= 4 is 26.9 Å². The Bertz CT molecular complexity index is 922. The van der Waals surface area contributed by atoms with Crippen LogP contribution >= 0.6 is 11.3 Å². The van der Waals surface area contributed by atoms with Gasteiger partial charge in [0.1, 0.15) is 10.0 Å². The fraction of sp³-hybridized carbons (Fsp3) is 0.524. The molecule has 8 heteroatoms. The number of halogens is 1. The van der Waals surface area contributed by atoms with Crippen LogP contribution in [0, 0.1) is 5.82 Å². The zero-order chi connectivity index (χ0) is 20.4. The predicted octanol–water partition coefficient (Wildman–Crippen LogP) is 3.72. The van der Waals surface area contributed by atoms with E-state index in [1.165, 1.54) is 23.5 Å². The van der Waals surface area contributed by atoms with Crippen LogP contribution in [0.25, 0.3) is 0 Å². The number of methoxy groups -OCH3 is 1. The molecule has 2 unspecified atom stereocenters. The SMILES string of the molecule is COC1CC(CCCN2CCN(c3ccc(F)cc3)CC2)S(=O)(=O)c2sccc21. The Morgan fingerprint density at radius 3 is 2.55 bits per heavy atom. The number of ether oxygens (including phenoxy) is 1. The summed E-state index contributed by atoms with van der Waals surface area (Å²) in [5.74, 6) is -0.213. The minimum Gasteiger partial charge on any atom is -0.377 e. The van der Waals surface area contributed by atoms with Gasteiger partial charge in [0.2, 0.25) is 0 Å². The molecule has 0 aliphatic carbocycles. The van der Waals surface area contributed by atoms with Crippen molar-refractivity contribution in [1.29, 1.82) is 0 Å². The molecular formula is C21H27FN2O3S2. The Morgan fingerprint density at radius 2 is 1.86 bits per heavy atom. The van der Waals surface area contributed by atoms with Gasteiger partial charge in [0.25, 0.3) is 0 Å². The topological polar surface area (TPSA) is 49.9 Å². The van der Waals surface area contributed by atoms with Crippen molar-refractivity contribution in [2.45, 2.75) is 34.8 Å². The molecule has 1 aromatic carbocycles. The Labute approximate surface area is 176 Å². The summed E-state index contributed by atoms with van der Waals surface area (Å²) in [5.41, 5.74) is 1.88. The van der Waals surface area contributed by atoms with E-state index in [9.17, 15) is 12.8 Å². The van der Waals surface area contributed by atoms with Gasteiger partial charge in [0.05, 0.1) is 11.4 Å². The number of fused-ring (bicyclic) bond motifs is 1. The second kappa shape index (κ2) is 8.71. The Hall–Kier alpha value is -1.48. The fourth-order valence-corrected chi connectivity index (χ4v) is 7.86. The second-order valence-corrected chi connectivity index (χ2v) is 11.1. The molecular weight excluding hydrogens is 411 g/mol. The summed E-state index contributed by atoms with van der Waals surface area (Å²) in [6.45, 7) is 4.57. The van der Waals surface area contributed by atoms with Crippen LogP contribution in [0.1, 0.15) is 30.9 Å². The summed E-state index contributed by atoms with van der Waals surface area (Å²) < 4.78 is 45.0. The van der Waals surface area contributed by atoms with Crippen molar-refractivity contribution < 1.29 is 17.5 Å². The van der Waals surface area contributed by atoms with Gasteiger partial charge in [-0.15, -0.1) is 11.3 Å². The van der Waals surface area contributed by atoms with Crippen LogP contribution in [0.5, 0.6) is 0 Å². The summed E-state index contributed by atoms with van der Waals surface area (Å²) in [6.07, 6.45) is 1.94. The molecule has 5 nitrogen and oxygen atoms in total. The van der Waals surface area contributed by atoms with Crippen LogP contribution in [-0.4, -0.2) is 58.4 Å². The number of sulfone groups is 1. The molecule has 1 aromatic heterocycles. The van der Waals surface area contributed by atoms with Gasteiger partial charge in [-0.3, -0.25) is 4.90 Å². The lowest BCUT2D eigenvalue weighted by Gasteiger charge is -2.36. The molecule has 2 aliphatic heterocycles. The van der Waals surface area contributed by atoms with Crippen molar-refractivity contribution in [3.63, 3.8) is 0 Å². The highest BCUT2D eigenvalue weighted by atomic mass is 32.2. The van der Waals surface area contributed by atoms with Crippen molar-refractivity contribution in [3.8, 4) is 0 Å². The van der Waals surface area contributed by atoms with Gasteiger partial charge in [0.15, 0.2) is 9.84 Å². The third-order valence-corrected chi connectivity index (χ3v) is 9.79. The zero-order valence-corrected chi connectivity index (χ0v) is 18.2. The summed E-state index contributed by atoms with van der Waals surface area (Å²) in [4.78, 5) is 4.66. The quantitative estimate of drug-likeness (QED) is 0.688. The maximum Gasteiger partial charge on any atom is 0.191 e. The van der Waals surface area contributed by atoms with Gasteiger partial charge in [-0.25, -0.2) is 12.8 Å². The summed E-state index contributed by atoms with van der Waals surface area (Å²) >= 11 is 1.31. The lowest BCUT2D eigenvalue weighted by atomic mass is 10.0. The lowest BCUT2D eigenvalue weighted by Crippen LogP contribution is -2.46. The summed E-state index contributed by atoms with van der Waals surface area (Å²) in [5, 5.41) is 1.48. The van der Waals surface area contributed by atoms with Gasteiger partial charge >= 0.3 is 0 Å². The third kappa shape index (κ3) is 4.35. The molecule has 2 aliphatic rings. The first kappa shape index (κ1) is 20.8. The van der Waals surface area contributed by atoms with E-state index in [2.05, 4.69) is 9.80 Å². The largest absolute Gasteiger partial charge is 0.377 e. The van der Waals surface area contributed by atoms with Crippen LogP contribution in [0.3, 0.4) is 0 Å². The summed E-state index contributed by atoms with van der Waals surface area (Å²) in [7, 11) is -1.60. The van der Waals surface area contributed by atoms with E-state index in [1.807, 2.05) is 23.6 Å². The number of nitrogens with zero attached hydrogens (tertiary/aromatic N) is 2. The molecule has 2 aromatic rings. The maximum absolute atomic E-state index is 13.1. The maximum atomic E-state index is 13.1. The molecule has 0 N–H and O–H groups in total. The zero-order valence-electron chi connectivity index (χ0n) is 16.6. The molecule has 29 heavy (non-hydrogen) atoms. The number of piperazine rings is 1. The number of benzene rings is 1. The minimum atomic E-state index is -3.25. The van der Waals surface area contributed by atoms with Crippen LogP contribution in [0.15, 0.2) is 39.9 Å². The molecule has 4 rings (SSSR count). The molecule has 0 bridgehead atoms. The van der Waals surface area contributed by atoms with Crippen LogP contribution in [0.2, 0.25) is 0 Å². The fourth-order valence-electron chi connectivity index (χ4n) is 4.34. The normalized spacial score (nSPS) is 24.4. The molecule has 2 atom stereocenters. The van der Waals surface area contributed by atoms with Crippen LogP contribution in [-0.2, 0) is 14.6 Å². The monoisotopic (exact) mass is 438 g/mol. The van der Waals surface area contributed by atoms with E-state index < -0.39 is 9.84 Å². The number of hydrogen-bond donors (Lipinski definition) is 0. The first-order chi connectivity index (χ1) is 14.0. The first-order valence-corrected chi connectivity index (χ1v) is 12.5. The van der Waals surface area contributed by atoms with E-state index in [1.54, 1.807) is 7.11 Å². The highest BCUT2D eigenvalue weighted by molar-refractivity contribution is 7.94. The molecule has 0 amide bonds. The molecule has 1 fully saturated rings. The first-order valence-electron chi connectivity index (χ1n) is 10.1. The number of anilines is 1. The van der Waals surface area contributed by atoms with Crippen LogP contribution < -0.4 is 4.90 Å². The Kier molecular flexibility index (Phi) is 6.24. The average molecular weight is 439 g/mol. The second-order valence-electron chi connectivity index (χ2n) is 7.74. The number of hydrogen-bond acceptors (Lipinski definition) is 6. The van der Waals surface area contributed by atoms with E-state index in [-0.39, 0.29) is 17.2 Å². The molecule has 3 heterocycles. The van der Waals surface area contributed by atoms with Gasteiger partial charge < -0.3 is 9.64 Å². The van der Waals surface area contributed by atoms with Gasteiger partial charge in [0, 0.05) is 44.5 Å². The van der Waals surface area contributed by atoms with Crippen molar-refractivity contribution in [1.82, 2.24) is 4.90 Å². The smallest absolute Gasteiger partial charge is 0.191 e. The van der Waals surface area contributed by atoms with Crippen molar-refractivity contribution in [2.24, 2.45) is 0 Å². The number of thiophene rings is 1. The molecule has 0 spiro atoms. The average Bonchev–Trinajstić information content (AvgIpc) is 3.22. The highest BCUT2D eigenvalue weighted by Crippen LogP contribution is 2.42. The third-order valence-electron chi connectivity index (χ3n) is 6.03. The number of rotatable bonds is 6. The van der Waals surface area contributed by atoms with E-state index >= 15 is 0 Å². The Balaban J connectivity index is 1.28. The predicted molar refractivity (Wildman–Crippen MR) is 114 cm³/mol. The van der Waals surface area contributed by atoms with Crippen molar-refractivity contribution in [2.75, 3.05) is 44.7 Å². The molecule has 1 saturated heterocycles. The van der Waals surface area contributed by atoms with Crippen LogP contribution in [0.4, 0.5) is 10.1 Å². The van der Waals surface area contributed by atoms with Gasteiger partial charge in [-0.1, -0.05) is 0 Å². The van der Waals surface area contributed by atoms with E-state index in [4.69, 9.17) is 4.74 Å². The lowest BCUT2D eigenvalue weighted by molar-refractivity contribution is 0.0893. The minimum absolute atomic E-state index is 0.121. The molecule has 0 saturated carbocycles.